The Labute approximate surface area is 236 Å². The lowest BCUT2D eigenvalue weighted by atomic mass is 9.76. The molecule has 0 radical (unpaired) electrons. The summed E-state index contributed by atoms with van der Waals surface area (Å²) in [5.41, 5.74) is 13.0. The van der Waals surface area contributed by atoms with E-state index in [0.717, 1.165) is 71.0 Å². The lowest BCUT2D eigenvalue weighted by Gasteiger charge is -2.41. The van der Waals surface area contributed by atoms with E-state index >= 15 is 0 Å². The zero-order valence-corrected chi connectivity index (χ0v) is 25.1. The fourth-order valence-corrected chi connectivity index (χ4v) is 7.25. The van der Waals surface area contributed by atoms with Crippen LogP contribution in [0.2, 0.25) is 0 Å². The van der Waals surface area contributed by atoms with Gasteiger partial charge >= 0.3 is 0 Å². The SMILES string of the molecule is CCCC1C(Cl)CCCC2(CC)CC(C(C(=O)NC3CNCCC3OCCOCCN(C)C)C(N)N)N1C2. The van der Waals surface area contributed by atoms with Crippen molar-refractivity contribution in [2.45, 2.75) is 101 Å². The molecule has 8 atom stereocenters. The van der Waals surface area contributed by atoms with Crippen LogP contribution in [0.25, 0.3) is 0 Å². The summed E-state index contributed by atoms with van der Waals surface area (Å²) in [5.74, 6) is -0.561. The normalized spacial score (nSPS) is 34.8. The number of carbonyl (C=O) groups excluding carboxylic acids is 1. The summed E-state index contributed by atoms with van der Waals surface area (Å²) in [5, 5.41) is 6.79. The summed E-state index contributed by atoms with van der Waals surface area (Å²) in [7, 11) is 4.06. The molecule has 10 heteroatoms. The number of amides is 1. The van der Waals surface area contributed by atoms with Crippen molar-refractivity contribution in [2.24, 2.45) is 22.8 Å². The van der Waals surface area contributed by atoms with E-state index in [1.165, 1.54) is 0 Å². The maximum atomic E-state index is 13.9. The van der Waals surface area contributed by atoms with Crippen LogP contribution in [0, 0.1) is 11.3 Å². The Balaban J connectivity index is 1.69. The summed E-state index contributed by atoms with van der Waals surface area (Å²) in [6.07, 6.45) is 7.47. The second-order valence-electron chi connectivity index (χ2n) is 12.1. The van der Waals surface area contributed by atoms with Gasteiger partial charge in [-0.15, -0.1) is 11.6 Å². The van der Waals surface area contributed by atoms with Gasteiger partial charge in [0.05, 0.1) is 44.1 Å². The number of hydrogen-bond donors (Lipinski definition) is 4. The fraction of sp³-hybridized carbons (Fsp3) is 0.964. The Morgan fingerprint density at radius 2 is 2.03 bits per heavy atom. The van der Waals surface area contributed by atoms with Crippen molar-refractivity contribution in [3.63, 3.8) is 0 Å². The van der Waals surface area contributed by atoms with Gasteiger partial charge in [-0.3, -0.25) is 9.69 Å². The average molecular weight is 559 g/mol. The number of nitrogens with one attached hydrogen (secondary N) is 2. The Bertz CT molecular complexity index is 716. The molecule has 3 fully saturated rings. The maximum Gasteiger partial charge on any atom is 0.227 e. The second kappa shape index (κ2) is 15.5. The van der Waals surface area contributed by atoms with Crippen molar-refractivity contribution in [2.75, 3.05) is 60.1 Å². The molecule has 8 unspecified atom stereocenters. The van der Waals surface area contributed by atoms with Crippen LogP contribution < -0.4 is 22.1 Å². The van der Waals surface area contributed by atoms with Gasteiger partial charge in [-0.2, -0.15) is 0 Å². The summed E-state index contributed by atoms with van der Waals surface area (Å²) < 4.78 is 11.9. The van der Waals surface area contributed by atoms with Gasteiger partial charge in [0.25, 0.3) is 0 Å². The number of ether oxygens (including phenoxy) is 2. The maximum absolute atomic E-state index is 13.9. The van der Waals surface area contributed by atoms with E-state index in [0.29, 0.717) is 26.4 Å². The number of alkyl halides is 1. The first kappa shape index (κ1) is 32.0. The predicted octanol–water partition coefficient (Wildman–Crippen LogP) is 1.72. The number of nitrogens with zero attached hydrogens (tertiary/aromatic N) is 2. The van der Waals surface area contributed by atoms with Crippen LogP contribution >= 0.6 is 11.6 Å². The van der Waals surface area contributed by atoms with E-state index in [4.69, 9.17) is 32.5 Å². The van der Waals surface area contributed by atoms with Crippen LogP contribution in [0.5, 0.6) is 0 Å². The first-order valence-electron chi connectivity index (χ1n) is 15.0. The van der Waals surface area contributed by atoms with Crippen molar-refractivity contribution in [3.8, 4) is 0 Å². The Hall–Kier alpha value is -0.520. The zero-order chi connectivity index (χ0) is 27.7. The first-order valence-corrected chi connectivity index (χ1v) is 15.4. The number of hydrogen-bond acceptors (Lipinski definition) is 8. The van der Waals surface area contributed by atoms with E-state index in [2.05, 4.69) is 34.3 Å². The topological polar surface area (TPSA) is 118 Å². The molecule has 0 aromatic rings. The summed E-state index contributed by atoms with van der Waals surface area (Å²) >= 11 is 6.98. The van der Waals surface area contributed by atoms with Crippen molar-refractivity contribution in [3.05, 3.63) is 0 Å². The fourth-order valence-electron chi connectivity index (χ4n) is 6.83. The molecule has 0 aliphatic carbocycles. The summed E-state index contributed by atoms with van der Waals surface area (Å²) in [6, 6.07) is 0.106. The number of nitrogens with two attached hydrogens (primary N) is 2. The minimum Gasteiger partial charge on any atom is -0.378 e. The van der Waals surface area contributed by atoms with Crippen molar-refractivity contribution in [1.82, 2.24) is 20.4 Å². The standard InChI is InChI=1S/C28H55ClN6O3/c1-5-8-22-20(29)9-7-11-28(6-2)17-23(35(22)19-28)25(26(30)31)27(36)33-21-18-32-12-10-24(21)38-16-15-37-14-13-34(3)4/h20-26,32H,5-19,30-31H2,1-4H3,(H,33,36). The monoisotopic (exact) mass is 558 g/mol. The molecule has 0 saturated carbocycles. The minimum atomic E-state index is -0.743. The van der Waals surface area contributed by atoms with Gasteiger partial charge in [0.2, 0.25) is 5.91 Å². The van der Waals surface area contributed by atoms with Gasteiger partial charge in [0, 0.05) is 37.1 Å². The highest BCUT2D eigenvalue weighted by molar-refractivity contribution is 6.21. The molecule has 222 valence electrons. The first-order chi connectivity index (χ1) is 18.2. The molecule has 3 aliphatic rings. The van der Waals surface area contributed by atoms with E-state index in [9.17, 15) is 4.79 Å². The third-order valence-electron chi connectivity index (χ3n) is 9.07. The molecule has 6 N–H and O–H groups in total. The highest BCUT2D eigenvalue weighted by atomic mass is 35.5. The molecule has 3 aliphatic heterocycles. The van der Waals surface area contributed by atoms with Crippen LogP contribution in [-0.2, 0) is 14.3 Å². The summed E-state index contributed by atoms with van der Waals surface area (Å²) in [6.45, 7) is 9.62. The van der Waals surface area contributed by atoms with Crippen LogP contribution in [0.1, 0.15) is 65.2 Å². The van der Waals surface area contributed by atoms with Crippen LogP contribution in [0.3, 0.4) is 0 Å². The summed E-state index contributed by atoms with van der Waals surface area (Å²) in [4.78, 5) is 18.5. The Kier molecular flexibility index (Phi) is 13.0. The molecule has 9 nitrogen and oxygen atoms in total. The van der Waals surface area contributed by atoms with E-state index in [-0.39, 0.29) is 40.9 Å². The second-order valence-corrected chi connectivity index (χ2v) is 12.7. The predicted molar refractivity (Wildman–Crippen MR) is 154 cm³/mol. The molecule has 0 aromatic carbocycles. The third kappa shape index (κ3) is 8.49. The highest BCUT2D eigenvalue weighted by Gasteiger charge is 2.52. The third-order valence-corrected chi connectivity index (χ3v) is 9.58. The molecule has 3 heterocycles. The quantitative estimate of drug-likeness (QED) is 0.145. The molecule has 38 heavy (non-hydrogen) atoms. The van der Waals surface area contributed by atoms with Gasteiger partial charge < -0.3 is 36.5 Å². The van der Waals surface area contributed by atoms with Crippen LogP contribution in [0.15, 0.2) is 0 Å². The Morgan fingerprint density at radius 3 is 2.71 bits per heavy atom. The number of piperidine rings is 1. The number of halogens is 1. The number of rotatable bonds is 14. The van der Waals surface area contributed by atoms with E-state index < -0.39 is 12.1 Å². The smallest absolute Gasteiger partial charge is 0.227 e. The van der Waals surface area contributed by atoms with Gasteiger partial charge in [-0.05, 0) is 64.6 Å². The molecule has 3 saturated heterocycles. The van der Waals surface area contributed by atoms with Gasteiger partial charge in [0.1, 0.15) is 0 Å². The number of fused-ring (bicyclic) bond motifs is 2. The van der Waals surface area contributed by atoms with E-state index in [1.807, 2.05) is 14.1 Å². The lowest BCUT2D eigenvalue weighted by Crippen LogP contribution is -2.62. The molecule has 0 aromatic heterocycles. The minimum absolute atomic E-state index is 0.00753. The van der Waals surface area contributed by atoms with Gasteiger partial charge in [-0.25, -0.2) is 0 Å². The largest absolute Gasteiger partial charge is 0.378 e. The molecular weight excluding hydrogens is 504 g/mol. The number of likely N-dealkylation sites (N-methyl/N-ethyl adjacent to an activating group) is 1. The van der Waals surface area contributed by atoms with Gasteiger partial charge in [-0.1, -0.05) is 26.7 Å². The molecule has 0 spiro atoms. The van der Waals surface area contributed by atoms with Crippen molar-refractivity contribution in [1.29, 1.82) is 0 Å². The van der Waals surface area contributed by atoms with Crippen molar-refractivity contribution >= 4 is 17.5 Å². The van der Waals surface area contributed by atoms with Crippen LogP contribution in [-0.4, -0.2) is 112 Å². The molecule has 3 rings (SSSR count). The Morgan fingerprint density at radius 1 is 1.24 bits per heavy atom. The van der Waals surface area contributed by atoms with Crippen molar-refractivity contribution < 1.29 is 14.3 Å². The molecule has 1 amide bonds. The lowest BCUT2D eigenvalue weighted by molar-refractivity contribution is -0.130. The average Bonchev–Trinajstić information content (AvgIpc) is 3.25. The van der Waals surface area contributed by atoms with E-state index in [1.54, 1.807) is 0 Å². The number of carbonyl (C=O) groups is 1. The zero-order valence-electron chi connectivity index (χ0n) is 24.3. The van der Waals surface area contributed by atoms with Crippen LogP contribution in [0.4, 0.5) is 0 Å². The molecule has 2 bridgehead atoms. The highest BCUT2D eigenvalue weighted by Crippen LogP contribution is 2.48. The van der Waals surface area contributed by atoms with Gasteiger partial charge in [0.15, 0.2) is 0 Å². The molecular formula is C28H55ClN6O3.